The summed E-state index contributed by atoms with van der Waals surface area (Å²) in [4.78, 5) is 22.4. The van der Waals surface area contributed by atoms with Crippen LogP contribution in [0.25, 0.3) is 0 Å². The summed E-state index contributed by atoms with van der Waals surface area (Å²) >= 11 is 5.77. The van der Waals surface area contributed by atoms with Gasteiger partial charge in [-0.05, 0) is 19.1 Å². The maximum absolute atomic E-state index is 11.6. The first kappa shape index (κ1) is 12.5. The third kappa shape index (κ3) is 2.52. The Kier molecular flexibility index (Phi) is 4.31. The number of rotatable bonds is 4. The van der Waals surface area contributed by atoms with Crippen molar-refractivity contribution in [1.82, 2.24) is 0 Å². The first-order valence-electron chi connectivity index (χ1n) is 4.63. The minimum absolute atomic E-state index is 0.101. The summed E-state index contributed by atoms with van der Waals surface area (Å²) in [7, 11) is 1.39. The Morgan fingerprint density at radius 3 is 2.69 bits per heavy atom. The SMILES string of the molecule is CCOC(=O)c1c(C=O)cc(Cl)cc1OC. The predicted octanol–water partition coefficient (Wildman–Crippen LogP) is 2.34. The number of hydrogen-bond acceptors (Lipinski definition) is 4. The van der Waals surface area contributed by atoms with E-state index in [2.05, 4.69) is 0 Å². The molecule has 16 heavy (non-hydrogen) atoms. The highest BCUT2D eigenvalue weighted by Crippen LogP contribution is 2.27. The zero-order valence-electron chi connectivity index (χ0n) is 8.95. The molecule has 0 aliphatic rings. The Hall–Kier alpha value is -1.55. The van der Waals surface area contributed by atoms with E-state index < -0.39 is 5.97 Å². The summed E-state index contributed by atoms with van der Waals surface area (Å²) in [5.74, 6) is -0.369. The number of carbonyl (C=O) groups excluding carboxylic acids is 2. The van der Waals surface area contributed by atoms with Gasteiger partial charge in [0, 0.05) is 10.6 Å². The van der Waals surface area contributed by atoms with Crippen molar-refractivity contribution in [2.24, 2.45) is 0 Å². The van der Waals surface area contributed by atoms with Gasteiger partial charge in [-0.1, -0.05) is 11.6 Å². The third-order valence-electron chi connectivity index (χ3n) is 1.92. The molecule has 0 aromatic heterocycles. The van der Waals surface area contributed by atoms with Crippen LogP contribution in [0, 0.1) is 0 Å². The molecule has 4 nitrogen and oxygen atoms in total. The summed E-state index contributed by atoms with van der Waals surface area (Å²) in [6.07, 6.45) is 0.542. The van der Waals surface area contributed by atoms with E-state index in [0.717, 1.165) is 0 Å². The Balaban J connectivity index is 3.32. The Bertz CT molecular complexity index is 415. The zero-order valence-corrected chi connectivity index (χ0v) is 9.71. The van der Waals surface area contributed by atoms with Gasteiger partial charge < -0.3 is 9.47 Å². The van der Waals surface area contributed by atoms with E-state index in [9.17, 15) is 9.59 Å². The molecule has 0 saturated heterocycles. The van der Waals surface area contributed by atoms with Crippen molar-refractivity contribution in [2.75, 3.05) is 13.7 Å². The smallest absolute Gasteiger partial charge is 0.342 e. The second-order valence-electron chi connectivity index (χ2n) is 2.91. The monoisotopic (exact) mass is 242 g/mol. The van der Waals surface area contributed by atoms with Gasteiger partial charge in [-0.2, -0.15) is 0 Å². The molecule has 86 valence electrons. The van der Waals surface area contributed by atoms with Gasteiger partial charge >= 0.3 is 5.97 Å². The molecule has 1 aromatic rings. The maximum Gasteiger partial charge on any atom is 0.342 e. The van der Waals surface area contributed by atoms with Crippen molar-refractivity contribution >= 4 is 23.9 Å². The topological polar surface area (TPSA) is 52.6 Å². The normalized spacial score (nSPS) is 9.69. The summed E-state index contributed by atoms with van der Waals surface area (Å²) in [5, 5.41) is 0.326. The van der Waals surface area contributed by atoms with E-state index in [1.54, 1.807) is 6.92 Å². The van der Waals surface area contributed by atoms with Crippen molar-refractivity contribution in [3.05, 3.63) is 28.3 Å². The van der Waals surface area contributed by atoms with Gasteiger partial charge in [0.25, 0.3) is 0 Å². The quantitative estimate of drug-likeness (QED) is 0.601. The molecule has 0 spiro atoms. The first-order valence-corrected chi connectivity index (χ1v) is 5.01. The molecule has 1 rings (SSSR count). The molecule has 1 aromatic carbocycles. The van der Waals surface area contributed by atoms with Crippen molar-refractivity contribution in [3.8, 4) is 5.75 Å². The average Bonchev–Trinajstić information content (AvgIpc) is 2.27. The fraction of sp³-hybridized carbons (Fsp3) is 0.273. The molecule has 5 heteroatoms. The minimum Gasteiger partial charge on any atom is -0.496 e. The molecular formula is C11H11ClO4. The van der Waals surface area contributed by atoms with Crippen molar-refractivity contribution in [2.45, 2.75) is 6.92 Å². The third-order valence-corrected chi connectivity index (χ3v) is 2.14. The predicted molar refractivity (Wildman–Crippen MR) is 59.3 cm³/mol. The molecule has 0 aliphatic carbocycles. The Labute approximate surface area is 98.1 Å². The lowest BCUT2D eigenvalue weighted by atomic mass is 10.1. The largest absolute Gasteiger partial charge is 0.496 e. The maximum atomic E-state index is 11.6. The van der Waals surface area contributed by atoms with Crippen LogP contribution in [0.3, 0.4) is 0 Å². The fourth-order valence-electron chi connectivity index (χ4n) is 1.28. The van der Waals surface area contributed by atoms with Crippen LogP contribution in [0.5, 0.6) is 5.75 Å². The van der Waals surface area contributed by atoms with Crippen LogP contribution in [0.2, 0.25) is 5.02 Å². The van der Waals surface area contributed by atoms with Crippen LogP contribution in [-0.4, -0.2) is 26.0 Å². The number of esters is 1. The van der Waals surface area contributed by atoms with Gasteiger partial charge in [-0.25, -0.2) is 4.79 Å². The van der Waals surface area contributed by atoms with Gasteiger partial charge in [0.05, 0.1) is 13.7 Å². The molecule has 0 bridgehead atoms. The first-order chi connectivity index (χ1) is 7.63. The number of carbonyl (C=O) groups is 2. The van der Waals surface area contributed by atoms with E-state index in [1.165, 1.54) is 19.2 Å². The molecule has 0 amide bonds. The number of halogens is 1. The second-order valence-corrected chi connectivity index (χ2v) is 3.35. The molecule has 0 N–H and O–H groups in total. The molecule has 0 heterocycles. The summed E-state index contributed by atoms with van der Waals surface area (Å²) in [6.45, 7) is 1.91. The van der Waals surface area contributed by atoms with Gasteiger partial charge in [0.15, 0.2) is 6.29 Å². The van der Waals surface area contributed by atoms with Crippen molar-refractivity contribution in [1.29, 1.82) is 0 Å². The molecule has 0 saturated carbocycles. The van der Waals surface area contributed by atoms with Gasteiger partial charge in [0.2, 0.25) is 0 Å². The van der Waals surface area contributed by atoms with E-state index in [-0.39, 0.29) is 23.5 Å². The fourth-order valence-corrected chi connectivity index (χ4v) is 1.49. The highest BCUT2D eigenvalue weighted by atomic mass is 35.5. The molecule has 0 atom stereocenters. The lowest BCUT2D eigenvalue weighted by Crippen LogP contribution is -2.10. The number of ether oxygens (including phenoxy) is 2. The highest BCUT2D eigenvalue weighted by molar-refractivity contribution is 6.31. The summed E-state index contributed by atoms with van der Waals surface area (Å²) < 4.78 is 9.82. The van der Waals surface area contributed by atoms with Crippen LogP contribution in [0.1, 0.15) is 27.6 Å². The van der Waals surface area contributed by atoms with Crippen LogP contribution >= 0.6 is 11.6 Å². The number of benzene rings is 1. The van der Waals surface area contributed by atoms with Crippen LogP contribution in [-0.2, 0) is 4.74 Å². The molecular weight excluding hydrogens is 232 g/mol. The second kappa shape index (κ2) is 5.51. The molecule has 0 aliphatic heterocycles. The zero-order chi connectivity index (χ0) is 12.1. The van der Waals surface area contributed by atoms with Crippen molar-refractivity contribution in [3.63, 3.8) is 0 Å². The highest BCUT2D eigenvalue weighted by Gasteiger charge is 2.19. The van der Waals surface area contributed by atoms with E-state index in [1.807, 2.05) is 0 Å². The molecule has 0 fully saturated rings. The number of hydrogen-bond donors (Lipinski definition) is 0. The van der Waals surface area contributed by atoms with Gasteiger partial charge in [0.1, 0.15) is 11.3 Å². The lowest BCUT2D eigenvalue weighted by Gasteiger charge is -2.10. The van der Waals surface area contributed by atoms with E-state index in [4.69, 9.17) is 21.1 Å². The van der Waals surface area contributed by atoms with Crippen molar-refractivity contribution < 1.29 is 19.1 Å². The number of methoxy groups -OCH3 is 1. The standard InChI is InChI=1S/C11H11ClO4/c1-3-16-11(14)10-7(6-13)4-8(12)5-9(10)15-2/h4-6H,3H2,1-2H3. The molecule has 0 radical (unpaired) electrons. The average molecular weight is 243 g/mol. The molecule has 0 unspecified atom stereocenters. The van der Waals surface area contributed by atoms with Gasteiger partial charge in [-0.3, -0.25) is 4.79 Å². The van der Waals surface area contributed by atoms with Crippen LogP contribution in [0.15, 0.2) is 12.1 Å². The number of aldehydes is 1. The Morgan fingerprint density at radius 1 is 1.50 bits per heavy atom. The van der Waals surface area contributed by atoms with Crippen LogP contribution in [0.4, 0.5) is 0 Å². The van der Waals surface area contributed by atoms with Gasteiger partial charge in [-0.15, -0.1) is 0 Å². The lowest BCUT2D eigenvalue weighted by molar-refractivity contribution is 0.0520. The summed E-state index contributed by atoms with van der Waals surface area (Å²) in [5.41, 5.74) is 0.256. The summed E-state index contributed by atoms with van der Waals surface area (Å²) in [6, 6.07) is 2.85. The minimum atomic E-state index is -0.599. The van der Waals surface area contributed by atoms with E-state index >= 15 is 0 Å². The van der Waals surface area contributed by atoms with E-state index in [0.29, 0.717) is 11.3 Å². The Morgan fingerprint density at radius 2 is 2.19 bits per heavy atom. The van der Waals surface area contributed by atoms with Crippen LogP contribution < -0.4 is 4.74 Å².